The third-order valence-electron chi connectivity index (χ3n) is 2.81. The van der Waals surface area contributed by atoms with Crippen LogP contribution in [0.4, 0.5) is 10.1 Å². The largest absolute Gasteiger partial charge is 0.382 e. The number of para-hydroxylation sites is 1. The molecule has 0 atom stereocenters. The van der Waals surface area contributed by atoms with Crippen LogP contribution in [-0.4, -0.2) is 27.0 Å². The van der Waals surface area contributed by atoms with E-state index in [0.29, 0.717) is 17.1 Å². The first-order chi connectivity index (χ1) is 9.97. The summed E-state index contributed by atoms with van der Waals surface area (Å²) in [5.41, 5.74) is 0.491. The maximum Gasteiger partial charge on any atom is 0.175 e. The second-order valence-corrected chi connectivity index (χ2v) is 7.68. The van der Waals surface area contributed by atoms with E-state index >= 15 is 0 Å². The molecular formula is C15H16FNO2S2. The van der Waals surface area contributed by atoms with E-state index in [2.05, 4.69) is 5.32 Å². The molecule has 0 unspecified atom stereocenters. The maximum atomic E-state index is 13.4. The zero-order valence-corrected chi connectivity index (χ0v) is 13.2. The Hall–Kier alpha value is -1.53. The summed E-state index contributed by atoms with van der Waals surface area (Å²) in [6.45, 7) is 0.624. The van der Waals surface area contributed by atoms with Crippen molar-refractivity contribution in [2.75, 3.05) is 23.9 Å². The quantitative estimate of drug-likeness (QED) is 0.653. The molecule has 112 valence electrons. The molecule has 21 heavy (non-hydrogen) atoms. The van der Waals surface area contributed by atoms with Crippen LogP contribution >= 0.6 is 11.8 Å². The van der Waals surface area contributed by atoms with Crippen LogP contribution in [0.5, 0.6) is 0 Å². The van der Waals surface area contributed by atoms with Crippen LogP contribution in [0.1, 0.15) is 0 Å². The molecule has 0 saturated carbocycles. The number of anilines is 1. The van der Waals surface area contributed by atoms with Crippen LogP contribution in [0, 0.1) is 5.82 Å². The molecule has 0 radical (unpaired) electrons. The molecule has 0 saturated heterocycles. The molecular weight excluding hydrogens is 309 g/mol. The molecule has 2 rings (SSSR count). The molecule has 1 N–H and O–H groups in total. The predicted octanol–water partition coefficient (Wildman–Crippen LogP) is 3.43. The summed E-state index contributed by atoms with van der Waals surface area (Å²) in [5.74, 6) is 0.493. The third-order valence-corrected chi connectivity index (χ3v) is 4.95. The van der Waals surface area contributed by atoms with E-state index in [1.807, 2.05) is 0 Å². The molecule has 0 spiro atoms. The van der Waals surface area contributed by atoms with E-state index in [1.165, 1.54) is 12.3 Å². The van der Waals surface area contributed by atoms with Crippen molar-refractivity contribution in [2.45, 2.75) is 9.79 Å². The van der Waals surface area contributed by atoms with Crippen molar-refractivity contribution in [3.8, 4) is 0 Å². The molecule has 0 heterocycles. The zero-order valence-electron chi connectivity index (χ0n) is 11.5. The highest BCUT2D eigenvalue weighted by molar-refractivity contribution is 7.99. The highest BCUT2D eigenvalue weighted by Crippen LogP contribution is 2.20. The van der Waals surface area contributed by atoms with Crippen LogP contribution in [0.2, 0.25) is 0 Å². The Bertz CT molecular complexity index is 700. The second-order valence-electron chi connectivity index (χ2n) is 4.50. The van der Waals surface area contributed by atoms with Crippen LogP contribution in [0.25, 0.3) is 0 Å². The standard InChI is InChI=1S/C15H16FNO2S2/c1-21(18,19)13-8-6-12(7-9-13)20-11-10-17-15-5-3-2-4-14(15)16/h2-9,17H,10-11H2,1H3. The molecule has 0 aromatic heterocycles. The summed E-state index contributed by atoms with van der Waals surface area (Å²) in [6.07, 6.45) is 1.19. The van der Waals surface area contributed by atoms with Gasteiger partial charge in [0.15, 0.2) is 9.84 Å². The van der Waals surface area contributed by atoms with E-state index in [1.54, 1.807) is 54.2 Å². The van der Waals surface area contributed by atoms with Crippen LogP contribution in [0.15, 0.2) is 58.3 Å². The number of hydrogen-bond donors (Lipinski definition) is 1. The Kier molecular flexibility index (Phi) is 5.25. The fourth-order valence-corrected chi connectivity index (χ4v) is 3.14. The Balaban J connectivity index is 1.83. The number of nitrogens with one attached hydrogen (secondary N) is 1. The molecule has 2 aromatic rings. The topological polar surface area (TPSA) is 46.2 Å². The number of hydrogen-bond acceptors (Lipinski definition) is 4. The smallest absolute Gasteiger partial charge is 0.175 e. The SMILES string of the molecule is CS(=O)(=O)c1ccc(SCCNc2ccccc2F)cc1. The lowest BCUT2D eigenvalue weighted by atomic mass is 10.3. The monoisotopic (exact) mass is 325 g/mol. The minimum atomic E-state index is -3.15. The van der Waals surface area contributed by atoms with E-state index < -0.39 is 9.84 Å². The van der Waals surface area contributed by atoms with Crippen molar-refractivity contribution in [2.24, 2.45) is 0 Å². The van der Waals surface area contributed by atoms with E-state index in [0.717, 1.165) is 10.6 Å². The van der Waals surface area contributed by atoms with Gasteiger partial charge in [-0.2, -0.15) is 0 Å². The summed E-state index contributed by atoms with van der Waals surface area (Å²) in [6, 6.07) is 13.3. The van der Waals surface area contributed by atoms with Crippen molar-refractivity contribution in [3.05, 3.63) is 54.3 Å². The van der Waals surface area contributed by atoms with Gasteiger partial charge in [0.05, 0.1) is 10.6 Å². The first-order valence-corrected chi connectivity index (χ1v) is 9.26. The van der Waals surface area contributed by atoms with Crippen LogP contribution in [0.3, 0.4) is 0 Å². The fraction of sp³-hybridized carbons (Fsp3) is 0.200. The summed E-state index contributed by atoms with van der Waals surface area (Å²) >= 11 is 1.59. The van der Waals surface area contributed by atoms with Crippen molar-refractivity contribution in [1.82, 2.24) is 0 Å². The summed E-state index contributed by atoms with van der Waals surface area (Å²) < 4.78 is 36.1. The second kappa shape index (κ2) is 6.95. The first kappa shape index (κ1) is 15.9. The third kappa shape index (κ3) is 4.75. The Morgan fingerprint density at radius 3 is 2.38 bits per heavy atom. The first-order valence-electron chi connectivity index (χ1n) is 6.38. The molecule has 0 aliphatic heterocycles. The lowest BCUT2D eigenvalue weighted by Crippen LogP contribution is -2.05. The molecule has 0 amide bonds. The minimum absolute atomic E-state index is 0.264. The zero-order chi connectivity index (χ0) is 15.3. The fourth-order valence-electron chi connectivity index (χ4n) is 1.74. The van der Waals surface area contributed by atoms with Gasteiger partial charge >= 0.3 is 0 Å². The van der Waals surface area contributed by atoms with Crippen LogP contribution in [-0.2, 0) is 9.84 Å². The highest BCUT2D eigenvalue weighted by Gasteiger charge is 2.06. The van der Waals surface area contributed by atoms with Crippen molar-refractivity contribution in [1.29, 1.82) is 0 Å². The lowest BCUT2D eigenvalue weighted by Gasteiger charge is -2.07. The van der Waals surface area contributed by atoms with Crippen LogP contribution < -0.4 is 5.32 Å². The normalized spacial score (nSPS) is 11.3. The maximum absolute atomic E-state index is 13.4. The minimum Gasteiger partial charge on any atom is -0.382 e. The average molecular weight is 325 g/mol. The van der Waals surface area contributed by atoms with E-state index in [-0.39, 0.29) is 5.82 Å². The van der Waals surface area contributed by atoms with Gasteiger partial charge in [-0.25, -0.2) is 12.8 Å². The molecule has 3 nitrogen and oxygen atoms in total. The van der Waals surface area contributed by atoms with Gasteiger partial charge < -0.3 is 5.32 Å². The van der Waals surface area contributed by atoms with Gasteiger partial charge in [0.25, 0.3) is 0 Å². The van der Waals surface area contributed by atoms with Gasteiger partial charge in [-0.3, -0.25) is 0 Å². The van der Waals surface area contributed by atoms with Gasteiger partial charge in [0, 0.05) is 23.4 Å². The summed E-state index contributed by atoms with van der Waals surface area (Å²) in [7, 11) is -3.15. The summed E-state index contributed by atoms with van der Waals surface area (Å²) in [4.78, 5) is 1.30. The Morgan fingerprint density at radius 2 is 1.76 bits per heavy atom. The van der Waals surface area contributed by atoms with Gasteiger partial charge in [0.1, 0.15) is 5.82 Å². The number of sulfone groups is 1. The molecule has 0 fully saturated rings. The van der Waals surface area contributed by atoms with E-state index in [4.69, 9.17) is 0 Å². The number of rotatable bonds is 6. The Morgan fingerprint density at radius 1 is 1.10 bits per heavy atom. The van der Waals surface area contributed by atoms with Gasteiger partial charge in [0.2, 0.25) is 0 Å². The molecule has 2 aromatic carbocycles. The van der Waals surface area contributed by atoms with Crippen molar-refractivity contribution >= 4 is 27.3 Å². The Labute approximate surface area is 128 Å². The summed E-state index contributed by atoms with van der Waals surface area (Å²) in [5, 5.41) is 3.03. The molecule has 0 aliphatic carbocycles. The lowest BCUT2D eigenvalue weighted by molar-refractivity contribution is 0.602. The predicted molar refractivity (Wildman–Crippen MR) is 85.2 cm³/mol. The average Bonchev–Trinajstić information content (AvgIpc) is 2.45. The van der Waals surface area contributed by atoms with Gasteiger partial charge in [-0.15, -0.1) is 11.8 Å². The van der Waals surface area contributed by atoms with Crippen molar-refractivity contribution in [3.63, 3.8) is 0 Å². The van der Waals surface area contributed by atoms with Crippen molar-refractivity contribution < 1.29 is 12.8 Å². The molecule has 6 heteroatoms. The van der Waals surface area contributed by atoms with Gasteiger partial charge in [-0.1, -0.05) is 12.1 Å². The highest BCUT2D eigenvalue weighted by atomic mass is 32.2. The van der Waals surface area contributed by atoms with E-state index in [9.17, 15) is 12.8 Å². The molecule has 0 bridgehead atoms. The molecule has 0 aliphatic rings. The number of benzene rings is 2. The number of thioether (sulfide) groups is 1. The number of halogens is 1. The van der Waals surface area contributed by atoms with Gasteiger partial charge in [-0.05, 0) is 36.4 Å².